The highest BCUT2D eigenvalue weighted by molar-refractivity contribution is 5.95. The van der Waals surface area contributed by atoms with Gasteiger partial charge >= 0.3 is 0 Å². The fourth-order valence-corrected chi connectivity index (χ4v) is 2.59. The Kier molecular flexibility index (Phi) is 5.14. The molecular formula is C20H20N2O3. The van der Waals surface area contributed by atoms with Gasteiger partial charge < -0.3 is 14.6 Å². The van der Waals surface area contributed by atoms with Gasteiger partial charge in [-0.3, -0.25) is 0 Å². The van der Waals surface area contributed by atoms with E-state index in [1.54, 1.807) is 6.07 Å². The Bertz CT molecular complexity index is 882. The number of phenolic OH excluding ortho intramolecular Hbond substituents is 1. The number of azo groups is 1. The molecule has 0 aliphatic rings. The van der Waals surface area contributed by atoms with E-state index in [4.69, 9.17) is 9.47 Å². The largest absolute Gasteiger partial charge is 0.506 e. The minimum Gasteiger partial charge on any atom is -0.506 e. The second-order valence-corrected chi connectivity index (χ2v) is 5.32. The summed E-state index contributed by atoms with van der Waals surface area (Å²) in [6.07, 6.45) is 0. The third-order valence-corrected chi connectivity index (χ3v) is 3.69. The van der Waals surface area contributed by atoms with Crippen LogP contribution in [-0.2, 0) is 0 Å². The Morgan fingerprint density at radius 1 is 0.760 bits per heavy atom. The third-order valence-electron chi connectivity index (χ3n) is 3.69. The summed E-state index contributed by atoms with van der Waals surface area (Å²) in [5.41, 5.74) is 0.936. The monoisotopic (exact) mass is 336 g/mol. The van der Waals surface area contributed by atoms with E-state index in [-0.39, 0.29) is 5.75 Å². The number of nitrogens with zero attached hydrogens (tertiary/aromatic N) is 2. The van der Waals surface area contributed by atoms with E-state index in [2.05, 4.69) is 10.2 Å². The molecule has 0 unspecified atom stereocenters. The first kappa shape index (κ1) is 16.8. The smallest absolute Gasteiger partial charge is 0.169 e. The van der Waals surface area contributed by atoms with Gasteiger partial charge in [0.1, 0.15) is 11.4 Å². The van der Waals surface area contributed by atoms with Crippen molar-refractivity contribution < 1.29 is 14.6 Å². The number of hydrogen-bond donors (Lipinski definition) is 1. The zero-order chi connectivity index (χ0) is 17.6. The van der Waals surface area contributed by atoms with Crippen molar-refractivity contribution in [1.82, 2.24) is 0 Å². The summed E-state index contributed by atoms with van der Waals surface area (Å²) in [5.74, 6) is 1.27. The molecule has 5 nitrogen and oxygen atoms in total. The van der Waals surface area contributed by atoms with E-state index in [1.807, 2.05) is 62.4 Å². The second-order valence-electron chi connectivity index (χ2n) is 5.32. The molecule has 25 heavy (non-hydrogen) atoms. The van der Waals surface area contributed by atoms with E-state index >= 15 is 0 Å². The molecule has 0 fully saturated rings. The van der Waals surface area contributed by atoms with Gasteiger partial charge in [-0.15, -0.1) is 10.2 Å². The highest BCUT2D eigenvalue weighted by Gasteiger charge is 2.12. The SMILES string of the molecule is CCOc1cccc(OCC)c1N=Nc1c(O)ccc2ccccc12. The van der Waals surface area contributed by atoms with Crippen molar-refractivity contribution in [2.75, 3.05) is 13.2 Å². The molecule has 0 bridgehead atoms. The van der Waals surface area contributed by atoms with Gasteiger partial charge in [0.05, 0.1) is 13.2 Å². The standard InChI is InChI=1S/C20H20N2O3/c1-3-24-17-10-7-11-18(25-4-2)20(17)22-21-19-15-9-6-5-8-14(15)12-13-16(19)23/h5-13,23H,3-4H2,1-2H3. The molecule has 0 aliphatic carbocycles. The van der Waals surface area contributed by atoms with Crippen molar-refractivity contribution in [2.24, 2.45) is 10.2 Å². The summed E-state index contributed by atoms with van der Waals surface area (Å²) in [6, 6.07) is 16.7. The summed E-state index contributed by atoms with van der Waals surface area (Å²) < 4.78 is 11.3. The zero-order valence-corrected chi connectivity index (χ0v) is 14.3. The topological polar surface area (TPSA) is 63.4 Å². The van der Waals surface area contributed by atoms with E-state index in [0.29, 0.717) is 36.1 Å². The van der Waals surface area contributed by atoms with Crippen molar-refractivity contribution >= 4 is 22.1 Å². The highest BCUT2D eigenvalue weighted by atomic mass is 16.5. The summed E-state index contributed by atoms with van der Waals surface area (Å²) in [6.45, 7) is 4.84. The predicted molar refractivity (Wildman–Crippen MR) is 98.6 cm³/mol. The lowest BCUT2D eigenvalue weighted by Gasteiger charge is -2.11. The molecule has 0 aliphatic heterocycles. The fourth-order valence-electron chi connectivity index (χ4n) is 2.59. The first-order chi connectivity index (χ1) is 12.2. The molecule has 3 aromatic carbocycles. The summed E-state index contributed by atoms with van der Waals surface area (Å²) in [4.78, 5) is 0. The number of fused-ring (bicyclic) bond motifs is 1. The third kappa shape index (κ3) is 3.55. The molecule has 0 heterocycles. The van der Waals surface area contributed by atoms with Crippen LogP contribution in [0.1, 0.15) is 13.8 Å². The van der Waals surface area contributed by atoms with Crippen LogP contribution >= 0.6 is 0 Å². The maximum Gasteiger partial charge on any atom is 0.169 e. The van der Waals surface area contributed by atoms with E-state index < -0.39 is 0 Å². The summed E-state index contributed by atoms with van der Waals surface area (Å²) in [7, 11) is 0. The zero-order valence-electron chi connectivity index (χ0n) is 14.3. The van der Waals surface area contributed by atoms with Gasteiger partial charge in [0, 0.05) is 5.39 Å². The molecule has 0 saturated carbocycles. The Morgan fingerprint density at radius 3 is 2.08 bits per heavy atom. The molecule has 0 radical (unpaired) electrons. The molecule has 0 aromatic heterocycles. The van der Waals surface area contributed by atoms with Gasteiger partial charge in [0.25, 0.3) is 0 Å². The quantitative estimate of drug-likeness (QED) is 0.582. The molecule has 5 heteroatoms. The van der Waals surface area contributed by atoms with Gasteiger partial charge in [-0.1, -0.05) is 36.4 Å². The molecule has 3 aromatic rings. The van der Waals surface area contributed by atoms with Crippen molar-refractivity contribution in [3.8, 4) is 17.2 Å². The highest BCUT2D eigenvalue weighted by Crippen LogP contribution is 2.41. The normalized spacial score (nSPS) is 11.1. The van der Waals surface area contributed by atoms with Crippen molar-refractivity contribution in [2.45, 2.75) is 13.8 Å². The van der Waals surface area contributed by atoms with Crippen molar-refractivity contribution in [3.05, 3.63) is 54.6 Å². The maximum absolute atomic E-state index is 10.2. The Labute approximate surface area is 146 Å². The lowest BCUT2D eigenvalue weighted by Crippen LogP contribution is -1.95. The van der Waals surface area contributed by atoms with Gasteiger partial charge in [0.2, 0.25) is 0 Å². The van der Waals surface area contributed by atoms with Gasteiger partial charge in [0.15, 0.2) is 17.2 Å². The number of hydrogen-bond acceptors (Lipinski definition) is 5. The van der Waals surface area contributed by atoms with Gasteiger partial charge in [-0.05, 0) is 37.4 Å². The minimum absolute atomic E-state index is 0.0781. The van der Waals surface area contributed by atoms with Crippen LogP contribution in [0.2, 0.25) is 0 Å². The fraction of sp³-hybridized carbons (Fsp3) is 0.200. The Balaban J connectivity index is 2.10. The average Bonchev–Trinajstić information content (AvgIpc) is 2.63. The predicted octanol–water partition coefficient (Wildman–Crippen LogP) is 5.76. The lowest BCUT2D eigenvalue weighted by atomic mass is 10.1. The molecule has 3 rings (SSSR count). The number of ether oxygens (including phenoxy) is 2. The van der Waals surface area contributed by atoms with Crippen molar-refractivity contribution in [1.29, 1.82) is 0 Å². The molecular weight excluding hydrogens is 316 g/mol. The van der Waals surface area contributed by atoms with E-state index in [1.165, 1.54) is 0 Å². The van der Waals surface area contributed by atoms with Crippen LogP contribution in [-0.4, -0.2) is 18.3 Å². The van der Waals surface area contributed by atoms with Crippen LogP contribution < -0.4 is 9.47 Å². The average molecular weight is 336 g/mol. The van der Waals surface area contributed by atoms with Crippen LogP contribution in [0.4, 0.5) is 11.4 Å². The van der Waals surface area contributed by atoms with Crippen LogP contribution in [0.3, 0.4) is 0 Å². The number of rotatable bonds is 6. The van der Waals surface area contributed by atoms with Crippen LogP contribution in [0.15, 0.2) is 64.8 Å². The maximum atomic E-state index is 10.2. The summed E-state index contributed by atoms with van der Waals surface area (Å²) >= 11 is 0. The molecule has 1 N–H and O–H groups in total. The van der Waals surface area contributed by atoms with Crippen molar-refractivity contribution in [3.63, 3.8) is 0 Å². The first-order valence-corrected chi connectivity index (χ1v) is 8.25. The van der Waals surface area contributed by atoms with Crippen LogP contribution in [0, 0.1) is 0 Å². The van der Waals surface area contributed by atoms with Gasteiger partial charge in [-0.25, -0.2) is 0 Å². The summed E-state index contributed by atoms with van der Waals surface area (Å²) in [5, 5.41) is 20.7. The molecule has 0 amide bonds. The lowest BCUT2D eigenvalue weighted by molar-refractivity contribution is 0.325. The van der Waals surface area contributed by atoms with E-state index in [0.717, 1.165) is 10.8 Å². The van der Waals surface area contributed by atoms with E-state index in [9.17, 15) is 5.11 Å². The van der Waals surface area contributed by atoms with Crippen LogP contribution in [0.25, 0.3) is 10.8 Å². The minimum atomic E-state index is 0.0781. The second kappa shape index (κ2) is 7.66. The van der Waals surface area contributed by atoms with Crippen LogP contribution in [0.5, 0.6) is 17.2 Å². The van der Waals surface area contributed by atoms with Gasteiger partial charge in [-0.2, -0.15) is 0 Å². The molecule has 0 atom stereocenters. The molecule has 0 saturated heterocycles. The number of benzene rings is 3. The first-order valence-electron chi connectivity index (χ1n) is 8.25. The Hall–Kier alpha value is -3.08. The number of phenols is 1. The number of aromatic hydroxyl groups is 1. The molecule has 128 valence electrons. The Morgan fingerprint density at radius 2 is 1.40 bits per heavy atom. The molecule has 0 spiro atoms.